The first-order valence-electron chi connectivity index (χ1n) is 8.02. The predicted octanol–water partition coefficient (Wildman–Crippen LogP) is 3.68. The van der Waals surface area contributed by atoms with E-state index >= 15 is 0 Å². The quantitative estimate of drug-likeness (QED) is 0.868. The maximum atomic E-state index is 12.6. The smallest absolute Gasteiger partial charge is 0.411 e. The van der Waals surface area contributed by atoms with Gasteiger partial charge in [-0.1, -0.05) is 43.2 Å². The van der Waals surface area contributed by atoms with E-state index in [1.54, 1.807) is 20.8 Å². The average Bonchev–Trinajstić information content (AvgIpc) is 3.25. The van der Waals surface area contributed by atoms with Gasteiger partial charge in [0.2, 0.25) is 0 Å². The van der Waals surface area contributed by atoms with Crippen molar-refractivity contribution in [1.29, 1.82) is 0 Å². The van der Waals surface area contributed by atoms with E-state index in [1.165, 1.54) is 4.90 Å². The van der Waals surface area contributed by atoms with Crippen LogP contribution in [0.5, 0.6) is 0 Å². The van der Waals surface area contributed by atoms with E-state index in [0.29, 0.717) is 12.3 Å². The Morgan fingerprint density at radius 1 is 1.26 bits per heavy atom. The molecule has 0 radical (unpaired) electrons. The van der Waals surface area contributed by atoms with Gasteiger partial charge in [0.05, 0.1) is 0 Å². The molecule has 1 aliphatic rings. The van der Waals surface area contributed by atoms with E-state index in [1.807, 2.05) is 30.3 Å². The Bertz CT molecular complexity index is 546. The lowest BCUT2D eigenvalue weighted by Gasteiger charge is -2.31. The molecule has 23 heavy (non-hydrogen) atoms. The molecule has 0 aliphatic heterocycles. The van der Waals surface area contributed by atoms with Crippen LogP contribution >= 0.6 is 0 Å². The molecule has 1 atom stereocenters. The number of rotatable bonds is 6. The molecular weight excluding hydrogens is 294 g/mol. The van der Waals surface area contributed by atoms with Crippen molar-refractivity contribution in [2.45, 2.75) is 58.2 Å². The third-order valence-electron chi connectivity index (χ3n) is 3.74. The van der Waals surface area contributed by atoms with Crippen molar-refractivity contribution in [2.24, 2.45) is 5.92 Å². The van der Waals surface area contributed by atoms with Crippen molar-refractivity contribution in [3.05, 3.63) is 35.9 Å². The number of nitrogens with zero attached hydrogens (tertiary/aromatic N) is 1. The molecule has 0 saturated heterocycles. The summed E-state index contributed by atoms with van der Waals surface area (Å²) in [5, 5.41) is 9.60. The first kappa shape index (κ1) is 17.3. The van der Waals surface area contributed by atoms with Crippen molar-refractivity contribution in [3.8, 4) is 0 Å². The number of carbonyl (C=O) groups excluding carboxylic acids is 1. The Labute approximate surface area is 137 Å². The molecule has 5 nitrogen and oxygen atoms in total. The Kier molecular flexibility index (Phi) is 5.29. The van der Waals surface area contributed by atoms with Crippen molar-refractivity contribution >= 4 is 12.1 Å². The lowest BCUT2D eigenvalue weighted by atomic mass is 10.1. The van der Waals surface area contributed by atoms with Crippen LogP contribution < -0.4 is 0 Å². The fourth-order valence-electron chi connectivity index (χ4n) is 2.43. The van der Waals surface area contributed by atoms with Crippen LogP contribution in [0.2, 0.25) is 0 Å². The fraction of sp³-hybridized carbons (Fsp3) is 0.556. The molecular formula is C18H25NO4. The summed E-state index contributed by atoms with van der Waals surface area (Å²) < 4.78 is 5.43. The number of benzene rings is 1. The van der Waals surface area contributed by atoms with Gasteiger partial charge in [0.1, 0.15) is 11.6 Å². The lowest BCUT2D eigenvalue weighted by molar-refractivity contribution is -0.143. The van der Waals surface area contributed by atoms with Crippen molar-refractivity contribution in [3.63, 3.8) is 0 Å². The second-order valence-corrected chi connectivity index (χ2v) is 7.13. The van der Waals surface area contributed by atoms with Crippen LogP contribution in [0.15, 0.2) is 30.3 Å². The van der Waals surface area contributed by atoms with Gasteiger partial charge in [-0.05, 0) is 38.7 Å². The summed E-state index contributed by atoms with van der Waals surface area (Å²) in [4.78, 5) is 25.6. The van der Waals surface area contributed by atoms with Gasteiger partial charge in [-0.3, -0.25) is 4.90 Å². The molecule has 1 N–H and O–H groups in total. The minimum Gasteiger partial charge on any atom is -0.480 e. The molecule has 5 heteroatoms. The summed E-state index contributed by atoms with van der Waals surface area (Å²) in [5.41, 5.74) is 0.231. The van der Waals surface area contributed by atoms with E-state index in [4.69, 9.17) is 4.74 Å². The number of hydrogen-bond donors (Lipinski definition) is 1. The highest BCUT2D eigenvalue weighted by atomic mass is 16.6. The molecule has 0 unspecified atom stereocenters. The Morgan fingerprint density at radius 2 is 1.87 bits per heavy atom. The maximum Gasteiger partial charge on any atom is 0.411 e. The minimum atomic E-state index is -0.973. The van der Waals surface area contributed by atoms with Crippen LogP contribution in [0.1, 0.15) is 45.6 Å². The molecule has 0 heterocycles. The second kappa shape index (κ2) is 7.02. The van der Waals surface area contributed by atoms with Gasteiger partial charge < -0.3 is 9.84 Å². The van der Waals surface area contributed by atoms with Crippen LogP contribution in [0.4, 0.5) is 4.79 Å². The van der Waals surface area contributed by atoms with Crippen LogP contribution in [0, 0.1) is 5.92 Å². The maximum absolute atomic E-state index is 12.6. The summed E-state index contributed by atoms with van der Waals surface area (Å²) in [6.07, 6.45) is 1.99. The lowest BCUT2D eigenvalue weighted by Crippen LogP contribution is -2.47. The highest BCUT2D eigenvalue weighted by Gasteiger charge is 2.37. The number of aliphatic carboxylic acids is 1. The molecule has 1 aliphatic carbocycles. The van der Waals surface area contributed by atoms with Crippen LogP contribution in [-0.4, -0.2) is 33.7 Å². The van der Waals surface area contributed by atoms with E-state index in [0.717, 1.165) is 18.4 Å². The predicted molar refractivity (Wildman–Crippen MR) is 87.0 cm³/mol. The van der Waals surface area contributed by atoms with Gasteiger partial charge in [-0.25, -0.2) is 9.59 Å². The highest BCUT2D eigenvalue weighted by molar-refractivity contribution is 5.80. The SMILES string of the molecule is CC(C)(C)OC(=O)N(Cc1ccccc1)[C@@H](CC1CC1)C(=O)O. The van der Waals surface area contributed by atoms with Gasteiger partial charge in [0.15, 0.2) is 0 Å². The Balaban J connectivity index is 2.20. The van der Waals surface area contributed by atoms with Gasteiger partial charge in [-0.15, -0.1) is 0 Å². The number of amides is 1. The van der Waals surface area contributed by atoms with Crippen molar-refractivity contribution < 1.29 is 19.4 Å². The monoisotopic (exact) mass is 319 g/mol. The zero-order chi connectivity index (χ0) is 17.0. The molecule has 1 aromatic carbocycles. The molecule has 1 amide bonds. The number of carboxylic acid groups (broad SMARTS) is 1. The molecule has 0 bridgehead atoms. The molecule has 126 valence electrons. The second-order valence-electron chi connectivity index (χ2n) is 7.13. The summed E-state index contributed by atoms with van der Waals surface area (Å²) in [6, 6.07) is 8.55. The standard InChI is InChI=1S/C18H25NO4/c1-18(2,3)23-17(22)19(12-14-7-5-4-6-8-14)15(16(20)21)11-13-9-10-13/h4-8,13,15H,9-12H2,1-3H3,(H,20,21)/t15-/m0/s1. The van der Waals surface area contributed by atoms with Crippen molar-refractivity contribution in [1.82, 2.24) is 4.90 Å². The topological polar surface area (TPSA) is 66.8 Å². The zero-order valence-corrected chi connectivity index (χ0v) is 14.0. The first-order chi connectivity index (χ1) is 10.8. The van der Waals surface area contributed by atoms with E-state index in [-0.39, 0.29) is 6.54 Å². The summed E-state index contributed by atoms with van der Waals surface area (Å²) in [7, 11) is 0. The first-order valence-corrected chi connectivity index (χ1v) is 8.02. The number of carbonyl (C=O) groups is 2. The summed E-state index contributed by atoms with van der Waals surface area (Å²) in [6.45, 7) is 5.58. The Morgan fingerprint density at radius 3 is 2.35 bits per heavy atom. The highest BCUT2D eigenvalue weighted by Crippen LogP contribution is 2.35. The number of hydrogen-bond acceptors (Lipinski definition) is 3. The van der Waals surface area contributed by atoms with Crippen LogP contribution in [0.25, 0.3) is 0 Å². The minimum absolute atomic E-state index is 0.236. The third-order valence-corrected chi connectivity index (χ3v) is 3.74. The molecule has 0 spiro atoms. The molecule has 1 aromatic rings. The van der Waals surface area contributed by atoms with E-state index in [9.17, 15) is 14.7 Å². The average molecular weight is 319 g/mol. The molecule has 2 rings (SSSR count). The fourth-order valence-corrected chi connectivity index (χ4v) is 2.43. The number of ether oxygens (including phenoxy) is 1. The van der Waals surface area contributed by atoms with Gasteiger partial charge in [0.25, 0.3) is 0 Å². The molecule has 1 fully saturated rings. The molecule has 1 saturated carbocycles. The zero-order valence-electron chi connectivity index (χ0n) is 14.0. The van der Waals surface area contributed by atoms with Crippen LogP contribution in [-0.2, 0) is 16.1 Å². The van der Waals surface area contributed by atoms with E-state index in [2.05, 4.69) is 0 Å². The van der Waals surface area contributed by atoms with Gasteiger partial charge in [-0.2, -0.15) is 0 Å². The largest absolute Gasteiger partial charge is 0.480 e. The van der Waals surface area contributed by atoms with Gasteiger partial charge >= 0.3 is 12.1 Å². The summed E-state index contributed by atoms with van der Waals surface area (Å²) >= 11 is 0. The molecule has 0 aromatic heterocycles. The van der Waals surface area contributed by atoms with E-state index < -0.39 is 23.7 Å². The number of carboxylic acids is 1. The summed E-state index contributed by atoms with van der Waals surface area (Å²) in [5.74, 6) is -0.574. The van der Waals surface area contributed by atoms with Gasteiger partial charge in [0, 0.05) is 6.54 Å². The van der Waals surface area contributed by atoms with Crippen LogP contribution in [0.3, 0.4) is 0 Å². The normalized spacial score (nSPS) is 15.8. The Hall–Kier alpha value is -2.04. The third kappa shape index (κ3) is 5.58. The van der Waals surface area contributed by atoms with Crippen molar-refractivity contribution in [2.75, 3.05) is 0 Å².